The first kappa shape index (κ1) is 17.3. The van der Waals surface area contributed by atoms with Gasteiger partial charge in [0, 0.05) is 19.6 Å². The number of ether oxygens (including phenoxy) is 2. The summed E-state index contributed by atoms with van der Waals surface area (Å²) in [6.07, 6.45) is 10.0. The average molecular weight is 262 g/mol. The summed E-state index contributed by atoms with van der Waals surface area (Å²) < 4.78 is 11.1. The Balaban J connectivity index is 3.54. The van der Waals surface area contributed by atoms with Gasteiger partial charge in [-0.3, -0.25) is 0 Å². The lowest BCUT2D eigenvalue weighted by atomic mass is 10.1. The highest BCUT2D eigenvalue weighted by molar-refractivity contribution is 7.81. The lowest BCUT2D eigenvalue weighted by Gasteiger charge is -2.27. The standard InChI is InChI=1S/C14H30O2S/c1-4-7-8-9-10-11-12-13-14(17,15-5-2)16-6-3/h17H,4-13H2,1-3H3. The molecular formula is C14H30O2S. The molecule has 0 spiro atoms. The van der Waals surface area contributed by atoms with Gasteiger partial charge < -0.3 is 9.47 Å². The minimum atomic E-state index is -0.660. The molecular weight excluding hydrogens is 232 g/mol. The summed E-state index contributed by atoms with van der Waals surface area (Å²) >= 11 is 4.49. The van der Waals surface area contributed by atoms with Crippen LogP contribution in [0.5, 0.6) is 0 Å². The second-order valence-electron chi connectivity index (χ2n) is 4.45. The largest absolute Gasteiger partial charge is 0.342 e. The molecule has 0 aliphatic carbocycles. The maximum absolute atomic E-state index is 5.56. The molecule has 0 aromatic rings. The second-order valence-corrected chi connectivity index (χ2v) is 5.13. The second kappa shape index (κ2) is 11.4. The number of rotatable bonds is 12. The number of hydrogen-bond acceptors (Lipinski definition) is 3. The Bertz CT molecular complexity index is 156. The summed E-state index contributed by atoms with van der Waals surface area (Å²) in [6, 6.07) is 0. The minimum absolute atomic E-state index is 0.653. The van der Waals surface area contributed by atoms with Crippen molar-refractivity contribution >= 4 is 12.6 Å². The van der Waals surface area contributed by atoms with Crippen LogP contribution in [0.25, 0.3) is 0 Å². The van der Waals surface area contributed by atoms with Crippen LogP contribution in [0.2, 0.25) is 0 Å². The molecule has 104 valence electrons. The van der Waals surface area contributed by atoms with E-state index in [1.54, 1.807) is 0 Å². The van der Waals surface area contributed by atoms with Crippen LogP contribution in [0.1, 0.15) is 72.1 Å². The molecule has 0 N–H and O–H groups in total. The summed E-state index contributed by atoms with van der Waals surface area (Å²) in [5.74, 6) is 0. The lowest BCUT2D eigenvalue weighted by Crippen LogP contribution is -2.29. The lowest BCUT2D eigenvalue weighted by molar-refractivity contribution is -0.168. The maximum atomic E-state index is 5.56. The van der Waals surface area contributed by atoms with Crippen LogP contribution in [0, 0.1) is 0 Å². The van der Waals surface area contributed by atoms with Crippen molar-refractivity contribution in [2.24, 2.45) is 0 Å². The minimum Gasteiger partial charge on any atom is -0.342 e. The maximum Gasteiger partial charge on any atom is 0.215 e. The highest BCUT2D eigenvalue weighted by Crippen LogP contribution is 2.26. The van der Waals surface area contributed by atoms with E-state index >= 15 is 0 Å². The molecule has 0 bridgehead atoms. The zero-order valence-electron chi connectivity index (χ0n) is 11.8. The topological polar surface area (TPSA) is 18.5 Å². The first-order chi connectivity index (χ1) is 8.18. The van der Waals surface area contributed by atoms with E-state index in [1.807, 2.05) is 13.8 Å². The van der Waals surface area contributed by atoms with E-state index in [1.165, 1.54) is 38.5 Å². The summed E-state index contributed by atoms with van der Waals surface area (Å²) in [6.45, 7) is 7.52. The Kier molecular flexibility index (Phi) is 11.5. The van der Waals surface area contributed by atoms with Crippen LogP contribution in [0.4, 0.5) is 0 Å². The van der Waals surface area contributed by atoms with E-state index in [0.29, 0.717) is 13.2 Å². The van der Waals surface area contributed by atoms with Crippen molar-refractivity contribution in [1.29, 1.82) is 0 Å². The molecule has 0 saturated heterocycles. The van der Waals surface area contributed by atoms with Crippen molar-refractivity contribution in [2.75, 3.05) is 13.2 Å². The predicted molar refractivity (Wildman–Crippen MR) is 77.6 cm³/mol. The van der Waals surface area contributed by atoms with Gasteiger partial charge in [-0.05, 0) is 20.3 Å². The summed E-state index contributed by atoms with van der Waals surface area (Å²) in [7, 11) is 0. The molecule has 0 aromatic heterocycles. The molecule has 0 rings (SSSR count). The molecule has 2 nitrogen and oxygen atoms in total. The fraction of sp³-hybridized carbons (Fsp3) is 1.00. The fourth-order valence-corrected chi connectivity index (χ4v) is 2.36. The first-order valence-electron chi connectivity index (χ1n) is 7.18. The predicted octanol–water partition coefficient (Wildman–Crippen LogP) is 4.78. The van der Waals surface area contributed by atoms with Crippen LogP contribution < -0.4 is 0 Å². The molecule has 17 heavy (non-hydrogen) atoms. The van der Waals surface area contributed by atoms with Gasteiger partial charge in [0.25, 0.3) is 0 Å². The van der Waals surface area contributed by atoms with Crippen molar-refractivity contribution in [2.45, 2.75) is 77.3 Å². The Labute approximate surface area is 113 Å². The van der Waals surface area contributed by atoms with E-state index in [0.717, 1.165) is 12.8 Å². The highest BCUT2D eigenvalue weighted by atomic mass is 32.1. The van der Waals surface area contributed by atoms with Gasteiger partial charge >= 0.3 is 0 Å². The van der Waals surface area contributed by atoms with E-state index in [4.69, 9.17) is 9.47 Å². The number of thiol groups is 1. The molecule has 0 unspecified atom stereocenters. The molecule has 0 aliphatic rings. The van der Waals surface area contributed by atoms with E-state index in [-0.39, 0.29) is 0 Å². The van der Waals surface area contributed by atoms with Crippen molar-refractivity contribution < 1.29 is 9.47 Å². The van der Waals surface area contributed by atoms with Gasteiger partial charge in [-0.1, -0.05) is 45.4 Å². The van der Waals surface area contributed by atoms with Crippen LogP contribution in [0.15, 0.2) is 0 Å². The zero-order chi connectivity index (χ0) is 13.0. The number of unbranched alkanes of at least 4 members (excludes halogenated alkanes) is 6. The van der Waals surface area contributed by atoms with Crippen molar-refractivity contribution in [3.05, 3.63) is 0 Å². The Morgan fingerprint density at radius 1 is 0.765 bits per heavy atom. The third-order valence-corrected chi connectivity index (χ3v) is 3.32. The van der Waals surface area contributed by atoms with Gasteiger partial charge in [0.15, 0.2) is 0 Å². The average Bonchev–Trinajstić information content (AvgIpc) is 2.28. The Morgan fingerprint density at radius 3 is 1.71 bits per heavy atom. The normalized spacial score (nSPS) is 12.0. The van der Waals surface area contributed by atoms with Crippen molar-refractivity contribution in [3.8, 4) is 0 Å². The van der Waals surface area contributed by atoms with Gasteiger partial charge in [0.1, 0.15) is 0 Å². The fourth-order valence-electron chi connectivity index (χ4n) is 1.94. The molecule has 0 amide bonds. The number of hydrogen-bond donors (Lipinski definition) is 1. The summed E-state index contributed by atoms with van der Waals surface area (Å²) in [5, 5.41) is -0.660. The summed E-state index contributed by atoms with van der Waals surface area (Å²) in [4.78, 5) is 0. The van der Waals surface area contributed by atoms with Crippen LogP contribution in [0.3, 0.4) is 0 Å². The molecule has 0 heterocycles. The molecule has 0 aromatic carbocycles. The molecule has 3 heteroatoms. The molecule has 0 saturated carbocycles. The monoisotopic (exact) mass is 262 g/mol. The van der Waals surface area contributed by atoms with Gasteiger partial charge in [-0.15, -0.1) is 12.6 Å². The van der Waals surface area contributed by atoms with E-state index in [2.05, 4.69) is 19.6 Å². The third kappa shape index (κ3) is 9.93. The first-order valence-corrected chi connectivity index (χ1v) is 7.63. The quantitative estimate of drug-likeness (QED) is 0.310. The van der Waals surface area contributed by atoms with Gasteiger partial charge in [-0.2, -0.15) is 0 Å². The van der Waals surface area contributed by atoms with Gasteiger partial charge in [0.05, 0.1) is 0 Å². The van der Waals surface area contributed by atoms with Crippen molar-refractivity contribution in [3.63, 3.8) is 0 Å². The van der Waals surface area contributed by atoms with E-state index < -0.39 is 5.12 Å². The van der Waals surface area contributed by atoms with Crippen molar-refractivity contribution in [1.82, 2.24) is 0 Å². The molecule has 0 atom stereocenters. The molecule has 0 aliphatic heterocycles. The van der Waals surface area contributed by atoms with Gasteiger partial charge in [-0.25, -0.2) is 0 Å². The van der Waals surface area contributed by atoms with E-state index in [9.17, 15) is 0 Å². The molecule has 0 radical (unpaired) electrons. The molecule has 0 fully saturated rings. The Morgan fingerprint density at radius 2 is 1.24 bits per heavy atom. The highest BCUT2D eigenvalue weighted by Gasteiger charge is 2.25. The Hall–Kier alpha value is 0.270. The van der Waals surface area contributed by atoms with Crippen LogP contribution in [-0.2, 0) is 9.47 Å². The SMILES string of the molecule is CCCCCCCCCC(S)(OCC)OCC. The summed E-state index contributed by atoms with van der Waals surface area (Å²) in [5.41, 5.74) is 0. The van der Waals surface area contributed by atoms with Gasteiger partial charge in [0.2, 0.25) is 5.12 Å². The van der Waals surface area contributed by atoms with Crippen LogP contribution >= 0.6 is 12.6 Å². The zero-order valence-corrected chi connectivity index (χ0v) is 12.7. The smallest absolute Gasteiger partial charge is 0.215 e. The van der Waals surface area contributed by atoms with Crippen LogP contribution in [-0.4, -0.2) is 18.3 Å². The third-order valence-electron chi connectivity index (χ3n) is 2.84.